The average Bonchev–Trinajstić information content (AvgIpc) is 3.21. The van der Waals surface area contributed by atoms with Crippen molar-refractivity contribution in [1.29, 1.82) is 0 Å². The second-order valence-electron chi connectivity index (χ2n) is 12.7. The van der Waals surface area contributed by atoms with E-state index in [1.54, 1.807) is 6.92 Å². The number of hydrogen-bond donors (Lipinski definition) is 2. The number of fused-ring (bicyclic) bond motifs is 4. The van der Waals surface area contributed by atoms with Gasteiger partial charge >= 0.3 is 5.97 Å². The third kappa shape index (κ3) is 3.86. The molecule has 0 spiro atoms. The lowest BCUT2D eigenvalue weighted by atomic mass is 9.47. The summed E-state index contributed by atoms with van der Waals surface area (Å²) in [6.45, 7) is 14.1. The quantitative estimate of drug-likeness (QED) is 0.413. The highest BCUT2D eigenvalue weighted by atomic mass is 16.5. The van der Waals surface area contributed by atoms with E-state index in [1.807, 2.05) is 13.8 Å². The number of Topliss-reactive ketones (excluding diaryl/α,β-unsaturated/α-hetero) is 2. The van der Waals surface area contributed by atoms with Gasteiger partial charge in [-0.05, 0) is 75.0 Å². The van der Waals surface area contributed by atoms with Crippen LogP contribution >= 0.6 is 0 Å². The number of carbonyl (C=O) groups excluding carboxylic acids is 3. The van der Waals surface area contributed by atoms with E-state index in [-0.39, 0.29) is 53.0 Å². The first-order valence-electron chi connectivity index (χ1n) is 13.7. The summed E-state index contributed by atoms with van der Waals surface area (Å²) < 4.78 is 4.85. The summed E-state index contributed by atoms with van der Waals surface area (Å²) in [4.78, 5) is 39.5. The second kappa shape index (κ2) is 9.50. The van der Waals surface area contributed by atoms with E-state index < -0.39 is 23.0 Å². The fraction of sp³-hybridized carbons (Fsp3) is 0.767. The topological polar surface area (TPSA) is 101 Å². The molecule has 4 aliphatic rings. The summed E-state index contributed by atoms with van der Waals surface area (Å²) in [5.41, 5.74) is 0.920. The maximum atomic E-state index is 13.9. The Labute approximate surface area is 215 Å². The van der Waals surface area contributed by atoms with E-state index in [9.17, 15) is 24.6 Å². The Morgan fingerprint density at radius 2 is 1.83 bits per heavy atom. The number of aliphatic hydroxyl groups is 2. The largest absolute Gasteiger partial charge is 0.469 e. The van der Waals surface area contributed by atoms with Crippen LogP contribution in [0, 0.1) is 46.3 Å². The van der Waals surface area contributed by atoms with E-state index in [1.165, 1.54) is 7.11 Å². The van der Waals surface area contributed by atoms with Crippen molar-refractivity contribution < 1.29 is 29.3 Å². The Kier molecular flexibility index (Phi) is 7.19. The average molecular weight is 501 g/mol. The summed E-state index contributed by atoms with van der Waals surface area (Å²) in [5.74, 6) is -0.871. The van der Waals surface area contributed by atoms with Gasteiger partial charge in [-0.1, -0.05) is 39.8 Å². The molecule has 0 saturated heterocycles. The highest BCUT2D eigenvalue weighted by Gasteiger charge is 2.65. The summed E-state index contributed by atoms with van der Waals surface area (Å²) >= 11 is 0. The molecular formula is C30H44O6. The first-order chi connectivity index (χ1) is 16.8. The maximum Gasteiger partial charge on any atom is 0.312 e. The molecule has 4 aliphatic carbocycles. The lowest BCUT2D eigenvalue weighted by Crippen LogP contribution is -2.58. The number of ether oxygens (including phenoxy) is 1. The number of ketones is 2. The number of esters is 1. The van der Waals surface area contributed by atoms with Gasteiger partial charge in [0, 0.05) is 28.4 Å². The van der Waals surface area contributed by atoms with Crippen LogP contribution in [0.15, 0.2) is 23.3 Å². The first-order valence-corrected chi connectivity index (χ1v) is 13.7. The fourth-order valence-corrected chi connectivity index (χ4v) is 8.57. The van der Waals surface area contributed by atoms with Crippen LogP contribution in [0.5, 0.6) is 0 Å². The Balaban J connectivity index is 1.63. The molecule has 4 rings (SSSR count). The minimum atomic E-state index is -1.14. The molecule has 36 heavy (non-hydrogen) atoms. The van der Waals surface area contributed by atoms with Gasteiger partial charge in [-0.25, -0.2) is 0 Å². The smallest absolute Gasteiger partial charge is 0.312 e. The lowest BCUT2D eigenvalue weighted by molar-refractivity contribution is -0.145. The SMILES string of the molecule is C=C(CC[C@@H](C)[C@H]1CC[C@H]2C3=C(C(=O)[C@H](O)[C@]12C)[C@@]1(C)CC[C@@H](O)[C@@H](C)C1CC3=O)C(C)C(=O)OC. The Morgan fingerprint density at radius 3 is 2.47 bits per heavy atom. The standard InChI is InChI=1S/C30H44O6/c1-15(17(3)28(35)36-7)8-9-16(2)19-10-11-20-24-23(32)14-21-18(4)22(31)12-13-29(21,5)25(24)26(33)27(34)30(19,20)6/h16-22,27,31,34H,1,8-14H2,2-7H3/t16-,17?,18+,19-,20+,21?,22-,27+,29+,30-/m1/s1. The molecule has 0 bridgehead atoms. The molecular weight excluding hydrogens is 456 g/mol. The zero-order valence-corrected chi connectivity index (χ0v) is 22.8. The predicted octanol–water partition coefficient (Wildman–Crippen LogP) is 4.43. The zero-order chi connectivity index (χ0) is 26.7. The molecule has 0 aromatic heterocycles. The van der Waals surface area contributed by atoms with Gasteiger partial charge in [0.15, 0.2) is 11.6 Å². The predicted molar refractivity (Wildman–Crippen MR) is 137 cm³/mol. The monoisotopic (exact) mass is 500 g/mol. The third-order valence-electron chi connectivity index (χ3n) is 11.1. The van der Waals surface area contributed by atoms with Crippen molar-refractivity contribution in [2.24, 2.45) is 46.3 Å². The van der Waals surface area contributed by atoms with E-state index in [0.29, 0.717) is 36.8 Å². The number of allylic oxidation sites excluding steroid dienone is 1. The van der Waals surface area contributed by atoms with Crippen LogP contribution in [0.25, 0.3) is 0 Å². The van der Waals surface area contributed by atoms with Crippen molar-refractivity contribution in [3.63, 3.8) is 0 Å². The highest BCUT2D eigenvalue weighted by Crippen LogP contribution is 2.65. The van der Waals surface area contributed by atoms with Crippen LogP contribution in [-0.2, 0) is 19.1 Å². The number of rotatable bonds is 6. The number of methoxy groups -OCH3 is 1. The van der Waals surface area contributed by atoms with Crippen LogP contribution in [0.3, 0.4) is 0 Å². The molecule has 200 valence electrons. The van der Waals surface area contributed by atoms with Gasteiger partial charge in [0.25, 0.3) is 0 Å². The Bertz CT molecular complexity index is 995. The molecule has 0 heterocycles. The molecule has 0 radical (unpaired) electrons. The molecule has 2 fully saturated rings. The van der Waals surface area contributed by atoms with Gasteiger partial charge in [-0.15, -0.1) is 0 Å². The van der Waals surface area contributed by atoms with Crippen molar-refractivity contribution in [3.8, 4) is 0 Å². The molecule has 6 nitrogen and oxygen atoms in total. The van der Waals surface area contributed by atoms with Gasteiger partial charge in [0.2, 0.25) is 0 Å². The van der Waals surface area contributed by atoms with Crippen molar-refractivity contribution >= 4 is 17.5 Å². The summed E-state index contributed by atoms with van der Waals surface area (Å²) in [6, 6.07) is 0. The highest BCUT2D eigenvalue weighted by molar-refractivity contribution is 6.12. The summed E-state index contributed by atoms with van der Waals surface area (Å²) in [7, 11) is 1.38. The molecule has 0 aromatic rings. The first kappa shape index (κ1) is 27.3. The van der Waals surface area contributed by atoms with Gasteiger partial charge in [0.1, 0.15) is 6.10 Å². The normalized spacial score (nSPS) is 41.8. The minimum absolute atomic E-state index is 0.0403. The molecule has 6 heteroatoms. The molecule has 10 atom stereocenters. The van der Waals surface area contributed by atoms with Crippen molar-refractivity contribution in [3.05, 3.63) is 23.3 Å². The van der Waals surface area contributed by atoms with Gasteiger partial charge < -0.3 is 14.9 Å². The number of carbonyl (C=O) groups is 3. The van der Waals surface area contributed by atoms with Crippen molar-refractivity contribution in [2.45, 2.75) is 91.8 Å². The molecule has 2 saturated carbocycles. The fourth-order valence-electron chi connectivity index (χ4n) is 8.57. The maximum absolute atomic E-state index is 13.9. The third-order valence-corrected chi connectivity index (χ3v) is 11.1. The molecule has 2 unspecified atom stereocenters. The minimum Gasteiger partial charge on any atom is -0.469 e. The Morgan fingerprint density at radius 1 is 1.17 bits per heavy atom. The van der Waals surface area contributed by atoms with Crippen LogP contribution in [-0.4, -0.2) is 47.1 Å². The summed E-state index contributed by atoms with van der Waals surface area (Å²) in [5, 5.41) is 22.1. The number of aliphatic hydroxyl groups excluding tert-OH is 2. The number of hydrogen-bond acceptors (Lipinski definition) is 6. The Hall–Kier alpha value is -1.79. The van der Waals surface area contributed by atoms with E-state index in [4.69, 9.17) is 4.74 Å². The van der Waals surface area contributed by atoms with Gasteiger partial charge in [0.05, 0.1) is 19.1 Å². The van der Waals surface area contributed by atoms with Crippen LogP contribution < -0.4 is 0 Å². The second-order valence-corrected chi connectivity index (χ2v) is 12.7. The molecule has 0 aliphatic heterocycles. The van der Waals surface area contributed by atoms with Crippen LogP contribution in [0.2, 0.25) is 0 Å². The van der Waals surface area contributed by atoms with Gasteiger partial charge in [-0.2, -0.15) is 0 Å². The van der Waals surface area contributed by atoms with E-state index >= 15 is 0 Å². The lowest BCUT2D eigenvalue weighted by Gasteiger charge is -2.56. The van der Waals surface area contributed by atoms with Crippen molar-refractivity contribution in [1.82, 2.24) is 0 Å². The van der Waals surface area contributed by atoms with Crippen LogP contribution in [0.1, 0.15) is 79.6 Å². The molecule has 0 amide bonds. The molecule has 0 aromatic carbocycles. The van der Waals surface area contributed by atoms with E-state index in [0.717, 1.165) is 24.8 Å². The zero-order valence-electron chi connectivity index (χ0n) is 22.8. The van der Waals surface area contributed by atoms with Gasteiger partial charge in [-0.3, -0.25) is 14.4 Å². The summed E-state index contributed by atoms with van der Waals surface area (Å²) in [6.07, 6.45) is 3.16. The molecule has 2 N–H and O–H groups in total. The van der Waals surface area contributed by atoms with Crippen LogP contribution in [0.4, 0.5) is 0 Å². The van der Waals surface area contributed by atoms with E-state index in [2.05, 4.69) is 20.4 Å². The van der Waals surface area contributed by atoms with Crippen molar-refractivity contribution in [2.75, 3.05) is 7.11 Å².